The first-order valence-corrected chi connectivity index (χ1v) is 11.9. The van der Waals surface area contributed by atoms with Crippen LogP contribution in [-0.4, -0.2) is 30.6 Å². The van der Waals surface area contributed by atoms with Crippen LogP contribution in [0.5, 0.6) is 0 Å². The van der Waals surface area contributed by atoms with Crippen LogP contribution in [0.15, 0.2) is 57.8 Å². The molecule has 0 saturated heterocycles. The Morgan fingerprint density at radius 2 is 1.75 bits per heavy atom. The van der Waals surface area contributed by atoms with Crippen LogP contribution in [-0.2, 0) is 14.8 Å². The number of sulfonamides is 1. The summed E-state index contributed by atoms with van der Waals surface area (Å²) < 4.78 is 28.8. The van der Waals surface area contributed by atoms with Gasteiger partial charge in [0, 0.05) is 11.7 Å². The van der Waals surface area contributed by atoms with Crippen molar-refractivity contribution in [1.82, 2.24) is 9.71 Å². The maximum Gasteiger partial charge on any atom is 0.240 e. The summed E-state index contributed by atoms with van der Waals surface area (Å²) in [5.41, 5.74) is 1.47. The molecule has 2 aromatic carbocycles. The Hall–Kier alpha value is -1.94. The van der Waals surface area contributed by atoms with Gasteiger partial charge in [0.05, 0.1) is 20.4 Å². The molecule has 3 aromatic rings. The normalized spacial score (nSPS) is 13.0. The van der Waals surface area contributed by atoms with Crippen molar-refractivity contribution in [3.63, 3.8) is 0 Å². The minimum absolute atomic E-state index is 0.163. The van der Waals surface area contributed by atoms with E-state index in [2.05, 4.69) is 15.0 Å². The van der Waals surface area contributed by atoms with E-state index in [1.165, 1.54) is 23.9 Å². The quantitative estimate of drug-likeness (QED) is 0.546. The lowest BCUT2D eigenvalue weighted by Crippen LogP contribution is -2.30. The van der Waals surface area contributed by atoms with Crippen LogP contribution in [0.4, 0.5) is 5.69 Å². The van der Waals surface area contributed by atoms with Crippen LogP contribution < -0.4 is 10.0 Å². The lowest BCUT2D eigenvalue weighted by atomic mass is 10.3. The number of para-hydroxylation sites is 1. The molecule has 1 unspecified atom stereocenters. The molecule has 0 bridgehead atoms. The van der Waals surface area contributed by atoms with Gasteiger partial charge < -0.3 is 5.32 Å². The van der Waals surface area contributed by atoms with Gasteiger partial charge in [0.25, 0.3) is 0 Å². The van der Waals surface area contributed by atoms with Crippen LogP contribution in [0.3, 0.4) is 0 Å². The van der Waals surface area contributed by atoms with Gasteiger partial charge in [-0.1, -0.05) is 23.9 Å². The SMILES string of the molecule is CC(C)NS(=O)(=O)c1ccc(NC(=O)C(C)Sc2nc3ccccc3s2)cc1. The minimum Gasteiger partial charge on any atom is -0.325 e. The van der Waals surface area contributed by atoms with E-state index in [-0.39, 0.29) is 22.1 Å². The number of hydrogen-bond donors (Lipinski definition) is 2. The highest BCUT2D eigenvalue weighted by Crippen LogP contribution is 2.32. The number of amides is 1. The average molecular weight is 436 g/mol. The number of rotatable bonds is 7. The molecule has 148 valence electrons. The van der Waals surface area contributed by atoms with E-state index in [0.717, 1.165) is 14.6 Å². The first-order valence-electron chi connectivity index (χ1n) is 8.70. The van der Waals surface area contributed by atoms with Crippen molar-refractivity contribution in [2.45, 2.75) is 41.3 Å². The number of nitrogens with one attached hydrogen (secondary N) is 2. The summed E-state index contributed by atoms with van der Waals surface area (Å²) in [5.74, 6) is -0.167. The van der Waals surface area contributed by atoms with E-state index in [9.17, 15) is 13.2 Å². The Bertz CT molecular complexity index is 1040. The zero-order valence-corrected chi connectivity index (χ0v) is 18.1. The van der Waals surface area contributed by atoms with Gasteiger partial charge in [-0.05, 0) is 57.2 Å². The van der Waals surface area contributed by atoms with Gasteiger partial charge in [-0.2, -0.15) is 0 Å². The third-order valence-electron chi connectivity index (χ3n) is 3.74. The molecule has 1 aromatic heterocycles. The van der Waals surface area contributed by atoms with Crippen LogP contribution in [0.1, 0.15) is 20.8 Å². The van der Waals surface area contributed by atoms with Gasteiger partial charge in [0.1, 0.15) is 0 Å². The summed E-state index contributed by atoms with van der Waals surface area (Å²) >= 11 is 2.96. The number of benzene rings is 2. The van der Waals surface area contributed by atoms with Crippen molar-refractivity contribution < 1.29 is 13.2 Å². The van der Waals surface area contributed by atoms with Crippen LogP contribution in [0.25, 0.3) is 10.2 Å². The molecule has 3 rings (SSSR count). The van der Waals surface area contributed by atoms with Crippen molar-refractivity contribution in [2.24, 2.45) is 0 Å². The van der Waals surface area contributed by atoms with E-state index in [4.69, 9.17) is 0 Å². The average Bonchev–Trinajstić information content (AvgIpc) is 3.03. The molecule has 1 amide bonds. The van der Waals surface area contributed by atoms with Crippen LogP contribution in [0, 0.1) is 0 Å². The van der Waals surface area contributed by atoms with E-state index >= 15 is 0 Å². The molecule has 6 nitrogen and oxygen atoms in total. The highest BCUT2D eigenvalue weighted by Gasteiger charge is 2.18. The molecule has 1 heterocycles. The van der Waals surface area contributed by atoms with Crippen molar-refractivity contribution in [3.8, 4) is 0 Å². The molecule has 0 aliphatic heterocycles. The second kappa shape index (κ2) is 8.60. The maximum atomic E-state index is 12.5. The van der Waals surface area contributed by atoms with Crippen molar-refractivity contribution in [1.29, 1.82) is 0 Å². The number of carbonyl (C=O) groups excluding carboxylic acids is 1. The maximum absolute atomic E-state index is 12.5. The standard InChI is InChI=1S/C19H21N3O3S3/c1-12(2)22-28(24,25)15-10-8-14(9-11-15)20-18(23)13(3)26-19-21-16-6-4-5-7-17(16)27-19/h4-13,22H,1-3H3,(H,20,23). The van der Waals surface area contributed by atoms with Crippen molar-refractivity contribution in [3.05, 3.63) is 48.5 Å². The smallest absolute Gasteiger partial charge is 0.240 e. The minimum atomic E-state index is -3.55. The number of thioether (sulfide) groups is 1. The largest absolute Gasteiger partial charge is 0.325 e. The van der Waals surface area contributed by atoms with Gasteiger partial charge in [-0.25, -0.2) is 18.1 Å². The summed E-state index contributed by atoms with van der Waals surface area (Å²) in [5, 5.41) is 2.48. The molecular weight excluding hydrogens is 414 g/mol. The number of fused-ring (bicyclic) bond motifs is 1. The Kier molecular flexibility index (Phi) is 6.39. The molecule has 9 heteroatoms. The molecule has 0 spiro atoms. The summed E-state index contributed by atoms with van der Waals surface area (Å²) in [4.78, 5) is 17.2. The molecule has 0 aliphatic rings. The fourth-order valence-corrected chi connectivity index (χ4v) is 5.91. The lowest BCUT2D eigenvalue weighted by Gasteiger charge is -2.12. The zero-order valence-electron chi connectivity index (χ0n) is 15.7. The summed E-state index contributed by atoms with van der Waals surface area (Å²) in [6, 6.07) is 13.8. The molecule has 0 aliphatic carbocycles. The van der Waals surface area contributed by atoms with Gasteiger partial charge >= 0.3 is 0 Å². The van der Waals surface area contributed by atoms with Crippen LogP contribution >= 0.6 is 23.1 Å². The summed E-state index contributed by atoms with van der Waals surface area (Å²) in [7, 11) is -3.55. The molecule has 2 N–H and O–H groups in total. The van der Waals surface area contributed by atoms with E-state index < -0.39 is 10.0 Å². The predicted molar refractivity (Wildman–Crippen MR) is 115 cm³/mol. The molecule has 1 atom stereocenters. The molecule has 0 fully saturated rings. The third kappa shape index (κ3) is 5.11. The number of nitrogens with zero attached hydrogens (tertiary/aromatic N) is 1. The number of aromatic nitrogens is 1. The number of hydrogen-bond acceptors (Lipinski definition) is 6. The van der Waals surface area contributed by atoms with Crippen molar-refractivity contribution >= 4 is 54.9 Å². The predicted octanol–water partition coefficient (Wildman–Crippen LogP) is 4.10. The van der Waals surface area contributed by atoms with E-state index in [1.54, 1.807) is 37.3 Å². The molecule has 0 saturated carbocycles. The molecule has 0 radical (unpaired) electrons. The third-order valence-corrected chi connectivity index (χ3v) is 7.65. The second-order valence-electron chi connectivity index (χ2n) is 6.50. The molecular formula is C19H21N3O3S3. The van der Waals surface area contributed by atoms with Gasteiger partial charge in [0.15, 0.2) is 4.34 Å². The highest BCUT2D eigenvalue weighted by atomic mass is 32.2. The highest BCUT2D eigenvalue weighted by molar-refractivity contribution is 8.02. The lowest BCUT2D eigenvalue weighted by molar-refractivity contribution is -0.115. The van der Waals surface area contributed by atoms with Crippen molar-refractivity contribution in [2.75, 3.05) is 5.32 Å². The molecule has 28 heavy (non-hydrogen) atoms. The Balaban J connectivity index is 1.63. The second-order valence-corrected chi connectivity index (χ2v) is 10.8. The van der Waals surface area contributed by atoms with Crippen LogP contribution in [0.2, 0.25) is 0 Å². The fraction of sp³-hybridized carbons (Fsp3) is 0.263. The van der Waals surface area contributed by atoms with E-state index in [0.29, 0.717) is 5.69 Å². The Labute approximate surface area is 172 Å². The summed E-state index contributed by atoms with van der Waals surface area (Å²) in [6.07, 6.45) is 0. The first kappa shape index (κ1) is 20.8. The Morgan fingerprint density at radius 1 is 1.07 bits per heavy atom. The number of thiazole rings is 1. The number of anilines is 1. The zero-order chi connectivity index (χ0) is 20.3. The monoisotopic (exact) mass is 435 g/mol. The van der Waals surface area contributed by atoms with E-state index in [1.807, 2.05) is 31.2 Å². The van der Waals surface area contributed by atoms with Gasteiger partial charge in [-0.15, -0.1) is 11.3 Å². The summed E-state index contributed by atoms with van der Waals surface area (Å²) in [6.45, 7) is 5.34. The Morgan fingerprint density at radius 3 is 2.39 bits per heavy atom. The van der Waals surface area contributed by atoms with Gasteiger partial charge in [0.2, 0.25) is 15.9 Å². The van der Waals surface area contributed by atoms with Gasteiger partial charge in [-0.3, -0.25) is 4.79 Å². The number of carbonyl (C=O) groups is 1. The fourth-order valence-electron chi connectivity index (χ4n) is 2.45. The first-order chi connectivity index (χ1) is 13.2. The topological polar surface area (TPSA) is 88.2 Å².